The minimum Gasteiger partial charge on any atom is -0.406 e. The zero-order valence-corrected chi connectivity index (χ0v) is 15.7. The Morgan fingerprint density at radius 2 is 1.80 bits per heavy atom. The van der Waals surface area contributed by atoms with E-state index in [9.17, 15) is 18.0 Å². The predicted molar refractivity (Wildman–Crippen MR) is 100 cm³/mol. The zero-order chi connectivity index (χ0) is 21.1. The number of halogens is 3. The first-order valence-electron chi connectivity index (χ1n) is 9.09. The number of imidazole rings is 1. The fraction of sp³-hybridized carbons (Fsp3) is 0.263. The third-order valence-corrected chi connectivity index (χ3v) is 4.61. The lowest BCUT2D eigenvalue weighted by Crippen LogP contribution is -2.49. The molecule has 4 rings (SSSR count). The van der Waals surface area contributed by atoms with Gasteiger partial charge in [0.2, 0.25) is 0 Å². The second-order valence-electron chi connectivity index (χ2n) is 6.56. The van der Waals surface area contributed by atoms with Gasteiger partial charge in [-0.05, 0) is 18.2 Å². The van der Waals surface area contributed by atoms with Gasteiger partial charge in [-0.1, -0.05) is 6.07 Å². The van der Waals surface area contributed by atoms with E-state index in [1.54, 1.807) is 28.2 Å². The predicted octanol–water partition coefficient (Wildman–Crippen LogP) is 2.52. The Kier molecular flexibility index (Phi) is 5.25. The highest BCUT2D eigenvalue weighted by Gasteiger charge is 2.31. The molecule has 0 unspecified atom stereocenters. The van der Waals surface area contributed by atoms with Gasteiger partial charge >= 0.3 is 6.36 Å². The number of ether oxygens (including phenoxy) is 1. The van der Waals surface area contributed by atoms with E-state index in [1.165, 1.54) is 18.5 Å². The van der Waals surface area contributed by atoms with Gasteiger partial charge < -0.3 is 14.5 Å². The molecule has 1 aromatic carbocycles. The first-order valence-corrected chi connectivity index (χ1v) is 9.09. The highest BCUT2D eigenvalue weighted by Crippen LogP contribution is 2.24. The molecule has 0 bridgehead atoms. The van der Waals surface area contributed by atoms with Gasteiger partial charge in [0.05, 0.1) is 0 Å². The van der Waals surface area contributed by atoms with Crippen LogP contribution in [0.15, 0.2) is 55.4 Å². The minimum atomic E-state index is -4.81. The van der Waals surface area contributed by atoms with Crippen molar-refractivity contribution in [2.24, 2.45) is 0 Å². The van der Waals surface area contributed by atoms with Crippen LogP contribution < -0.4 is 9.64 Å². The fourth-order valence-electron chi connectivity index (χ4n) is 3.19. The standard InChI is InChI=1S/C19H17F3N6O2/c20-19(21,22)30-15-3-1-2-14(10-15)18(29)27-8-6-26(7-9-27)16-11-17(25-12-24-16)28-5-4-23-13-28/h1-5,10-13H,6-9H2. The van der Waals surface area contributed by atoms with E-state index < -0.39 is 12.1 Å². The van der Waals surface area contributed by atoms with Gasteiger partial charge in [-0.2, -0.15) is 0 Å². The summed E-state index contributed by atoms with van der Waals surface area (Å²) in [6, 6.07) is 6.93. The molecule has 1 saturated heterocycles. The number of hydrogen-bond donors (Lipinski definition) is 0. The van der Waals surface area contributed by atoms with Gasteiger partial charge in [0.15, 0.2) is 0 Å². The number of nitrogens with zero attached hydrogens (tertiary/aromatic N) is 6. The Balaban J connectivity index is 1.41. The number of benzene rings is 1. The van der Waals surface area contributed by atoms with Crippen LogP contribution in [0.4, 0.5) is 19.0 Å². The van der Waals surface area contributed by atoms with Crippen LogP contribution in [-0.4, -0.2) is 62.9 Å². The summed E-state index contributed by atoms with van der Waals surface area (Å²) >= 11 is 0. The van der Waals surface area contributed by atoms with Gasteiger partial charge in [0.1, 0.15) is 30.0 Å². The fourth-order valence-corrected chi connectivity index (χ4v) is 3.19. The number of carbonyl (C=O) groups is 1. The van der Waals surface area contributed by atoms with Crippen LogP contribution in [0, 0.1) is 0 Å². The Morgan fingerprint density at radius 3 is 2.50 bits per heavy atom. The average Bonchev–Trinajstić information content (AvgIpc) is 3.27. The molecular formula is C19H17F3N6O2. The van der Waals surface area contributed by atoms with E-state index in [1.807, 2.05) is 11.0 Å². The van der Waals surface area contributed by atoms with Crippen molar-refractivity contribution in [1.82, 2.24) is 24.4 Å². The van der Waals surface area contributed by atoms with E-state index in [2.05, 4.69) is 19.7 Å². The van der Waals surface area contributed by atoms with Crippen LogP contribution >= 0.6 is 0 Å². The van der Waals surface area contributed by atoms with Gasteiger partial charge in [-0.25, -0.2) is 15.0 Å². The number of piperazine rings is 1. The van der Waals surface area contributed by atoms with Crippen molar-refractivity contribution in [2.75, 3.05) is 31.1 Å². The molecule has 0 N–H and O–H groups in total. The number of amides is 1. The largest absolute Gasteiger partial charge is 0.573 e. The van der Waals surface area contributed by atoms with Crippen LogP contribution in [0.5, 0.6) is 5.75 Å². The zero-order valence-electron chi connectivity index (χ0n) is 15.7. The molecule has 0 radical (unpaired) electrons. The Bertz CT molecular complexity index is 1020. The van der Waals surface area contributed by atoms with Gasteiger partial charge in [0, 0.05) is 50.2 Å². The van der Waals surface area contributed by atoms with Gasteiger partial charge in [-0.15, -0.1) is 13.2 Å². The first-order chi connectivity index (χ1) is 14.4. The summed E-state index contributed by atoms with van der Waals surface area (Å²) in [7, 11) is 0. The maximum Gasteiger partial charge on any atom is 0.573 e. The van der Waals surface area contributed by atoms with Crippen LogP contribution in [0.25, 0.3) is 5.82 Å². The van der Waals surface area contributed by atoms with E-state index >= 15 is 0 Å². The second kappa shape index (κ2) is 8.01. The maximum atomic E-state index is 12.7. The van der Waals surface area contributed by atoms with Crippen molar-refractivity contribution >= 4 is 11.7 Å². The monoisotopic (exact) mass is 418 g/mol. The molecule has 0 atom stereocenters. The number of anilines is 1. The van der Waals surface area contributed by atoms with Crippen molar-refractivity contribution < 1.29 is 22.7 Å². The van der Waals surface area contributed by atoms with Crippen LogP contribution in [0.1, 0.15) is 10.4 Å². The van der Waals surface area contributed by atoms with Crippen LogP contribution in [0.3, 0.4) is 0 Å². The molecule has 156 valence electrons. The summed E-state index contributed by atoms with van der Waals surface area (Å²) in [5, 5.41) is 0. The first kappa shape index (κ1) is 19.7. The number of aromatic nitrogens is 4. The van der Waals surface area contributed by atoms with Crippen molar-refractivity contribution in [3.05, 3.63) is 60.9 Å². The van der Waals surface area contributed by atoms with Crippen molar-refractivity contribution in [3.63, 3.8) is 0 Å². The normalized spacial score (nSPS) is 14.6. The molecule has 3 aromatic rings. The third-order valence-electron chi connectivity index (χ3n) is 4.61. The lowest BCUT2D eigenvalue weighted by atomic mass is 10.1. The molecule has 1 amide bonds. The van der Waals surface area contributed by atoms with Gasteiger partial charge in [-0.3, -0.25) is 9.36 Å². The lowest BCUT2D eigenvalue weighted by Gasteiger charge is -2.35. The molecular weight excluding hydrogens is 401 g/mol. The quantitative estimate of drug-likeness (QED) is 0.648. The molecule has 11 heteroatoms. The number of rotatable bonds is 4. The summed E-state index contributed by atoms with van der Waals surface area (Å²) in [6.45, 7) is 1.89. The molecule has 3 heterocycles. The highest BCUT2D eigenvalue weighted by atomic mass is 19.4. The smallest absolute Gasteiger partial charge is 0.406 e. The molecule has 1 aliphatic heterocycles. The van der Waals surface area contributed by atoms with E-state index in [0.717, 1.165) is 18.0 Å². The molecule has 1 aliphatic rings. The molecule has 1 fully saturated rings. The average molecular weight is 418 g/mol. The molecule has 2 aromatic heterocycles. The molecule has 0 aliphatic carbocycles. The van der Waals surface area contributed by atoms with Crippen LogP contribution in [-0.2, 0) is 0 Å². The summed E-state index contributed by atoms with van der Waals surface area (Å²) < 4.78 is 42.9. The summed E-state index contributed by atoms with van der Waals surface area (Å²) in [6.07, 6.45) is 1.73. The maximum absolute atomic E-state index is 12.7. The van der Waals surface area contributed by atoms with E-state index in [4.69, 9.17) is 0 Å². The van der Waals surface area contributed by atoms with Gasteiger partial charge in [0.25, 0.3) is 5.91 Å². The summed E-state index contributed by atoms with van der Waals surface area (Å²) in [5.41, 5.74) is 0.148. The van der Waals surface area contributed by atoms with E-state index in [0.29, 0.717) is 32.0 Å². The summed E-state index contributed by atoms with van der Waals surface area (Å²) in [4.78, 5) is 28.8. The highest BCUT2D eigenvalue weighted by molar-refractivity contribution is 5.94. The van der Waals surface area contributed by atoms with Crippen molar-refractivity contribution in [2.45, 2.75) is 6.36 Å². The SMILES string of the molecule is O=C(c1cccc(OC(F)(F)F)c1)N1CCN(c2cc(-n3ccnc3)ncn2)CC1. The van der Waals surface area contributed by atoms with E-state index in [-0.39, 0.29) is 11.5 Å². The molecule has 30 heavy (non-hydrogen) atoms. The second-order valence-corrected chi connectivity index (χ2v) is 6.56. The lowest BCUT2D eigenvalue weighted by molar-refractivity contribution is -0.274. The number of carbonyl (C=O) groups excluding carboxylic acids is 1. The molecule has 8 nitrogen and oxygen atoms in total. The third kappa shape index (κ3) is 4.50. The Hall–Kier alpha value is -3.63. The topological polar surface area (TPSA) is 76.4 Å². The Morgan fingerprint density at radius 1 is 1.03 bits per heavy atom. The van der Waals surface area contributed by atoms with Crippen LogP contribution in [0.2, 0.25) is 0 Å². The molecule has 0 saturated carbocycles. The number of alkyl halides is 3. The molecule has 0 spiro atoms. The van der Waals surface area contributed by atoms with Crippen molar-refractivity contribution in [3.8, 4) is 11.6 Å². The van der Waals surface area contributed by atoms with Crippen molar-refractivity contribution in [1.29, 1.82) is 0 Å². The minimum absolute atomic E-state index is 0.148. The Labute approximate surface area is 169 Å². The summed E-state index contributed by atoms with van der Waals surface area (Å²) in [5.74, 6) is 0.642. The number of hydrogen-bond acceptors (Lipinski definition) is 6.